The minimum absolute atomic E-state index is 0.367. The first kappa shape index (κ1) is 15.8. The van der Waals surface area contributed by atoms with E-state index in [1.54, 1.807) is 7.11 Å². The Balaban J connectivity index is 2.03. The van der Waals surface area contributed by atoms with Crippen molar-refractivity contribution in [1.29, 1.82) is 0 Å². The van der Waals surface area contributed by atoms with E-state index < -0.39 is 5.60 Å². The Bertz CT molecular complexity index is 490. The van der Waals surface area contributed by atoms with E-state index in [9.17, 15) is 5.11 Å². The van der Waals surface area contributed by atoms with Crippen molar-refractivity contribution in [3.63, 3.8) is 0 Å². The van der Waals surface area contributed by atoms with Crippen LogP contribution in [-0.4, -0.2) is 44.4 Å². The van der Waals surface area contributed by atoms with Gasteiger partial charge in [-0.1, -0.05) is 24.3 Å². The standard InChI is InChI=1S/C16H25N3O2/c1-3-17-15(18-10-11-21-2)19-12-16(20)9-8-13-6-4-5-7-14(13)16/h4-7,20H,3,8-12H2,1-2H3,(H2,17,18,19). The lowest BCUT2D eigenvalue weighted by molar-refractivity contribution is 0.0485. The van der Waals surface area contributed by atoms with Crippen molar-refractivity contribution in [2.45, 2.75) is 25.4 Å². The number of ether oxygens (including phenoxy) is 1. The van der Waals surface area contributed by atoms with Crippen molar-refractivity contribution in [2.75, 3.05) is 33.4 Å². The average Bonchev–Trinajstić information content (AvgIpc) is 2.84. The molecule has 1 aromatic rings. The second-order valence-corrected chi connectivity index (χ2v) is 5.30. The van der Waals surface area contributed by atoms with E-state index in [1.165, 1.54) is 5.56 Å². The number of fused-ring (bicyclic) bond motifs is 1. The summed E-state index contributed by atoms with van der Waals surface area (Å²) in [6.45, 7) is 4.49. The molecule has 21 heavy (non-hydrogen) atoms. The van der Waals surface area contributed by atoms with Crippen molar-refractivity contribution < 1.29 is 9.84 Å². The van der Waals surface area contributed by atoms with E-state index >= 15 is 0 Å². The molecular weight excluding hydrogens is 266 g/mol. The summed E-state index contributed by atoms with van der Waals surface area (Å²) in [4.78, 5) is 4.53. The van der Waals surface area contributed by atoms with Crippen LogP contribution in [0.25, 0.3) is 0 Å². The maximum absolute atomic E-state index is 10.8. The third-order valence-corrected chi connectivity index (χ3v) is 3.77. The smallest absolute Gasteiger partial charge is 0.191 e. The molecule has 0 spiro atoms. The molecule has 0 radical (unpaired) electrons. The number of nitrogens with zero attached hydrogens (tertiary/aromatic N) is 1. The van der Waals surface area contributed by atoms with Crippen molar-refractivity contribution in [2.24, 2.45) is 4.99 Å². The average molecular weight is 291 g/mol. The van der Waals surface area contributed by atoms with E-state index in [0.29, 0.717) is 25.7 Å². The zero-order valence-electron chi connectivity index (χ0n) is 12.9. The summed E-state index contributed by atoms with van der Waals surface area (Å²) < 4.78 is 5.02. The summed E-state index contributed by atoms with van der Waals surface area (Å²) in [5, 5.41) is 17.2. The van der Waals surface area contributed by atoms with Crippen molar-refractivity contribution in [3.05, 3.63) is 35.4 Å². The van der Waals surface area contributed by atoms with E-state index in [2.05, 4.69) is 21.7 Å². The molecule has 0 amide bonds. The van der Waals surface area contributed by atoms with Gasteiger partial charge in [-0.05, 0) is 30.9 Å². The van der Waals surface area contributed by atoms with Gasteiger partial charge in [-0.15, -0.1) is 0 Å². The van der Waals surface area contributed by atoms with Crippen molar-refractivity contribution in [3.8, 4) is 0 Å². The third kappa shape index (κ3) is 3.95. The summed E-state index contributed by atoms with van der Waals surface area (Å²) in [7, 11) is 1.67. The molecule has 0 heterocycles. The topological polar surface area (TPSA) is 65.9 Å². The van der Waals surface area contributed by atoms with E-state index in [4.69, 9.17) is 4.74 Å². The maximum atomic E-state index is 10.8. The second kappa shape index (κ2) is 7.43. The minimum Gasteiger partial charge on any atom is -0.383 e. The van der Waals surface area contributed by atoms with Crippen LogP contribution in [0.1, 0.15) is 24.5 Å². The molecule has 0 aliphatic heterocycles. The zero-order valence-corrected chi connectivity index (χ0v) is 12.9. The minimum atomic E-state index is -0.847. The summed E-state index contributed by atoms with van der Waals surface area (Å²) in [5.74, 6) is 0.715. The fourth-order valence-electron chi connectivity index (χ4n) is 2.66. The normalized spacial score (nSPS) is 21.2. The molecule has 1 aliphatic carbocycles. The number of guanidine groups is 1. The van der Waals surface area contributed by atoms with Crippen LogP contribution in [0, 0.1) is 0 Å². The molecule has 5 nitrogen and oxygen atoms in total. The lowest BCUT2D eigenvalue weighted by atomic mass is 9.96. The van der Waals surface area contributed by atoms with E-state index in [1.807, 2.05) is 25.1 Å². The number of hydrogen-bond donors (Lipinski definition) is 3. The Morgan fingerprint density at radius 1 is 1.38 bits per heavy atom. The molecule has 0 aromatic heterocycles. The lowest BCUT2D eigenvalue weighted by Crippen LogP contribution is -2.40. The highest BCUT2D eigenvalue weighted by Crippen LogP contribution is 2.36. The Morgan fingerprint density at radius 2 is 2.19 bits per heavy atom. The van der Waals surface area contributed by atoms with Gasteiger partial charge < -0.3 is 20.5 Å². The number of methoxy groups -OCH3 is 1. The molecule has 116 valence electrons. The first-order valence-corrected chi connectivity index (χ1v) is 7.51. The van der Waals surface area contributed by atoms with Gasteiger partial charge in [-0.25, -0.2) is 4.99 Å². The number of aliphatic imine (C=N–C) groups is 1. The molecule has 1 aromatic carbocycles. The lowest BCUT2D eigenvalue weighted by Gasteiger charge is -2.22. The summed E-state index contributed by atoms with van der Waals surface area (Å²) in [5.41, 5.74) is 1.40. The number of nitrogens with one attached hydrogen (secondary N) is 2. The molecule has 5 heteroatoms. The first-order chi connectivity index (χ1) is 10.2. The summed E-state index contributed by atoms with van der Waals surface area (Å²) in [6.07, 6.45) is 1.64. The van der Waals surface area contributed by atoms with Crippen LogP contribution in [0.15, 0.2) is 29.3 Å². The van der Waals surface area contributed by atoms with Gasteiger partial charge in [-0.2, -0.15) is 0 Å². The molecule has 1 aliphatic rings. The van der Waals surface area contributed by atoms with Crippen LogP contribution in [0.3, 0.4) is 0 Å². The highest BCUT2D eigenvalue weighted by molar-refractivity contribution is 5.79. The monoisotopic (exact) mass is 291 g/mol. The van der Waals surface area contributed by atoms with Crippen molar-refractivity contribution in [1.82, 2.24) is 10.6 Å². The molecular formula is C16H25N3O2. The molecule has 0 saturated heterocycles. The first-order valence-electron chi connectivity index (χ1n) is 7.51. The SMILES string of the molecule is CCNC(=NCC1(O)CCc2ccccc21)NCCOC. The Hall–Kier alpha value is -1.59. The van der Waals surface area contributed by atoms with Crippen LogP contribution in [0.4, 0.5) is 0 Å². The fourth-order valence-corrected chi connectivity index (χ4v) is 2.66. The van der Waals surface area contributed by atoms with Gasteiger partial charge >= 0.3 is 0 Å². The fraction of sp³-hybridized carbons (Fsp3) is 0.562. The number of benzene rings is 1. The van der Waals surface area contributed by atoms with Gasteiger partial charge in [0.15, 0.2) is 5.96 Å². The highest BCUT2D eigenvalue weighted by Gasteiger charge is 2.36. The Morgan fingerprint density at radius 3 is 2.95 bits per heavy atom. The van der Waals surface area contributed by atoms with Crippen LogP contribution in [0.2, 0.25) is 0 Å². The quantitative estimate of drug-likeness (QED) is 0.416. The summed E-state index contributed by atoms with van der Waals surface area (Å²) >= 11 is 0. The zero-order chi connectivity index (χ0) is 15.1. The molecule has 0 bridgehead atoms. The molecule has 3 N–H and O–H groups in total. The number of hydrogen-bond acceptors (Lipinski definition) is 3. The molecule has 0 saturated carbocycles. The van der Waals surface area contributed by atoms with Gasteiger partial charge in [0.2, 0.25) is 0 Å². The van der Waals surface area contributed by atoms with Crippen LogP contribution >= 0.6 is 0 Å². The Labute approximate surface area is 126 Å². The molecule has 1 atom stereocenters. The van der Waals surface area contributed by atoms with Gasteiger partial charge in [-0.3, -0.25) is 0 Å². The highest BCUT2D eigenvalue weighted by atomic mass is 16.5. The predicted octanol–water partition coefficient (Wildman–Crippen LogP) is 1.02. The van der Waals surface area contributed by atoms with Crippen molar-refractivity contribution >= 4 is 5.96 Å². The van der Waals surface area contributed by atoms with Gasteiger partial charge in [0.25, 0.3) is 0 Å². The van der Waals surface area contributed by atoms with Crippen LogP contribution in [0.5, 0.6) is 0 Å². The largest absolute Gasteiger partial charge is 0.383 e. The van der Waals surface area contributed by atoms with Gasteiger partial charge in [0.05, 0.1) is 13.2 Å². The van der Waals surface area contributed by atoms with E-state index in [-0.39, 0.29) is 0 Å². The van der Waals surface area contributed by atoms with Gasteiger partial charge in [0, 0.05) is 20.2 Å². The molecule has 2 rings (SSSR count). The van der Waals surface area contributed by atoms with Crippen LogP contribution in [-0.2, 0) is 16.8 Å². The third-order valence-electron chi connectivity index (χ3n) is 3.77. The van der Waals surface area contributed by atoms with Crippen LogP contribution < -0.4 is 10.6 Å². The molecule has 0 fully saturated rings. The number of aliphatic hydroxyl groups is 1. The number of rotatable bonds is 6. The van der Waals surface area contributed by atoms with E-state index in [0.717, 1.165) is 24.9 Å². The number of aryl methyl sites for hydroxylation is 1. The summed E-state index contributed by atoms with van der Waals surface area (Å²) in [6, 6.07) is 8.08. The van der Waals surface area contributed by atoms with Gasteiger partial charge in [0.1, 0.15) is 5.60 Å². The molecule has 1 unspecified atom stereocenters. The maximum Gasteiger partial charge on any atom is 0.191 e. The predicted molar refractivity (Wildman–Crippen MR) is 84.5 cm³/mol. The Kier molecular flexibility index (Phi) is 5.59. The second-order valence-electron chi connectivity index (χ2n) is 5.30.